The third-order valence-electron chi connectivity index (χ3n) is 3.87. The largest absolute Gasteiger partial charge is 0.366 e. The first-order chi connectivity index (χ1) is 8.70. The molecule has 0 spiro atoms. The fraction of sp³-hybridized carbons (Fsp3) is 0.600. The number of nitriles is 1. The summed E-state index contributed by atoms with van der Waals surface area (Å²) in [5.74, 6) is 1.59. The highest BCUT2D eigenvalue weighted by Gasteiger charge is 2.17. The Morgan fingerprint density at radius 2 is 2.17 bits per heavy atom. The zero-order valence-corrected chi connectivity index (χ0v) is 11.2. The molecule has 0 radical (unpaired) electrons. The Morgan fingerprint density at radius 1 is 1.33 bits per heavy atom. The van der Waals surface area contributed by atoms with Crippen LogP contribution in [-0.2, 0) is 0 Å². The van der Waals surface area contributed by atoms with Crippen LogP contribution in [0, 0.1) is 24.2 Å². The van der Waals surface area contributed by atoms with Gasteiger partial charge < -0.3 is 5.32 Å². The van der Waals surface area contributed by atoms with Gasteiger partial charge in [0.15, 0.2) is 0 Å². The summed E-state index contributed by atoms with van der Waals surface area (Å²) in [4.78, 5) is 4.32. The Balaban J connectivity index is 2.09. The fourth-order valence-corrected chi connectivity index (χ4v) is 2.63. The summed E-state index contributed by atoms with van der Waals surface area (Å²) in [6.45, 7) is 4.29. The van der Waals surface area contributed by atoms with Crippen molar-refractivity contribution in [2.24, 2.45) is 5.92 Å². The molecule has 2 unspecified atom stereocenters. The molecule has 1 aliphatic rings. The highest BCUT2D eigenvalue weighted by atomic mass is 15.0. The molecule has 1 N–H and O–H groups in total. The summed E-state index contributed by atoms with van der Waals surface area (Å²) in [5, 5.41) is 12.7. The van der Waals surface area contributed by atoms with Gasteiger partial charge in [0.1, 0.15) is 11.9 Å². The summed E-state index contributed by atoms with van der Waals surface area (Å²) in [6, 6.07) is 4.61. The van der Waals surface area contributed by atoms with Crippen molar-refractivity contribution in [1.29, 1.82) is 5.26 Å². The summed E-state index contributed by atoms with van der Waals surface area (Å²) in [5.41, 5.74) is 1.69. The maximum absolute atomic E-state index is 9.20. The number of aryl methyl sites for hydroxylation is 1. The number of rotatable bonds is 2. The molecule has 1 aromatic rings. The van der Waals surface area contributed by atoms with Crippen molar-refractivity contribution in [2.75, 3.05) is 5.32 Å². The van der Waals surface area contributed by atoms with Crippen LogP contribution >= 0.6 is 0 Å². The van der Waals surface area contributed by atoms with Gasteiger partial charge in [-0.1, -0.05) is 19.8 Å². The van der Waals surface area contributed by atoms with Crippen LogP contribution in [0.2, 0.25) is 0 Å². The van der Waals surface area contributed by atoms with E-state index in [0.29, 0.717) is 11.6 Å². The topological polar surface area (TPSA) is 48.7 Å². The number of nitrogens with zero attached hydrogens (tertiary/aromatic N) is 2. The molecule has 0 amide bonds. The van der Waals surface area contributed by atoms with E-state index in [2.05, 4.69) is 23.3 Å². The third-order valence-corrected chi connectivity index (χ3v) is 3.87. The Hall–Kier alpha value is -1.56. The number of aromatic nitrogens is 1. The van der Waals surface area contributed by atoms with Crippen molar-refractivity contribution in [2.45, 2.75) is 52.0 Å². The van der Waals surface area contributed by atoms with Crippen LogP contribution in [0.4, 0.5) is 5.82 Å². The maximum atomic E-state index is 9.20. The van der Waals surface area contributed by atoms with Gasteiger partial charge in [0.2, 0.25) is 0 Å². The predicted octanol–water partition coefficient (Wildman–Crippen LogP) is 3.64. The molecule has 0 saturated heterocycles. The number of hydrogen-bond donors (Lipinski definition) is 1. The second-order valence-electron chi connectivity index (χ2n) is 5.42. The van der Waals surface area contributed by atoms with Crippen molar-refractivity contribution in [1.82, 2.24) is 4.98 Å². The number of hydrogen-bond acceptors (Lipinski definition) is 3. The molecule has 96 valence electrons. The van der Waals surface area contributed by atoms with E-state index in [1.54, 1.807) is 6.20 Å². The highest BCUT2D eigenvalue weighted by molar-refractivity contribution is 5.55. The molecule has 1 fully saturated rings. The molecule has 0 bridgehead atoms. The lowest BCUT2D eigenvalue weighted by Gasteiger charge is -2.18. The second kappa shape index (κ2) is 5.86. The van der Waals surface area contributed by atoms with Gasteiger partial charge in [-0.3, -0.25) is 0 Å². The Morgan fingerprint density at radius 3 is 2.94 bits per heavy atom. The molecule has 3 nitrogen and oxygen atoms in total. The standard InChI is InChI=1S/C15H21N3/c1-11-4-3-5-13(7-6-11)18-15-14(10-16)12(2)8-9-17-15/h8-9,11,13H,3-7H2,1-2H3,(H,17,18). The van der Waals surface area contributed by atoms with Crippen molar-refractivity contribution in [3.05, 3.63) is 23.4 Å². The first kappa shape index (κ1) is 12.9. The third kappa shape index (κ3) is 3.01. The smallest absolute Gasteiger partial charge is 0.144 e. The predicted molar refractivity (Wildman–Crippen MR) is 73.3 cm³/mol. The summed E-state index contributed by atoms with van der Waals surface area (Å²) < 4.78 is 0. The minimum atomic E-state index is 0.469. The van der Waals surface area contributed by atoms with Crippen LogP contribution < -0.4 is 5.32 Å². The average Bonchev–Trinajstić information content (AvgIpc) is 2.55. The maximum Gasteiger partial charge on any atom is 0.144 e. The van der Waals surface area contributed by atoms with E-state index in [1.807, 2.05) is 13.0 Å². The van der Waals surface area contributed by atoms with E-state index in [4.69, 9.17) is 0 Å². The first-order valence-corrected chi connectivity index (χ1v) is 6.83. The van der Waals surface area contributed by atoms with Crippen LogP contribution in [0.1, 0.15) is 50.2 Å². The zero-order valence-electron chi connectivity index (χ0n) is 11.2. The summed E-state index contributed by atoms with van der Waals surface area (Å²) in [6.07, 6.45) is 8.01. The van der Waals surface area contributed by atoms with Gasteiger partial charge in [-0.2, -0.15) is 5.26 Å². The Bertz CT molecular complexity index is 448. The number of pyridine rings is 1. The normalized spacial score (nSPS) is 24.1. The lowest BCUT2D eigenvalue weighted by Crippen LogP contribution is -2.20. The molecular formula is C15H21N3. The van der Waals surface area contributed by atoms with Gasteiger partial charge in [0, 0.05) is 12.2 Å². The minimum absolute atomic E-state index is 0.469. The molecule has 0 aromatic carbocycles. The van der Waals surface area contributed by atoms with Crippen molar-refractivity contribution >= 4 is 5.82 Å². The Labute approximate surface area is 109 Å². The van der Waals surface area contributed by atoms with E-state index in [1.165, 1.54) is 32.1 Å². The second-order valence-corrected chi connectivity index (χ2v) is 5.42. The molecule has 2 atom stereocenters. The van der Waals surface area contributed by atoms with Crippen molar-refractivity contribution in [3.63, 3.8) is 0 Å². The fourth-order valence-electron chi connectivity index (χ4n) is 2.63. The summed E-state index contributed by atoms with van der Waals surface area (Å²) in [7, 11) is 0. The molecule has 1 heterocycles. The van der Waals surface area contributed by atoms with Gasteiger partial charge in [-0.05, 0) is 43.7 Å². The summed E-state index contributed by atoms with van der Waals surface area (Å²) >= 11 is 0. The molecule has 1 aliphatic carbocycles. The molecule has 1 saturated carbocycles. The molecular weight excluding hydrogens is 222 g/mol. The lowest BCUT2D eigenvalue weighted by atomic mass is 10.0. The van der Waals surface area contributed by atoms with Gasteiger partial charge in [0.05, 0.1) is 5.56 Å². The quantitative estimate of drug-likeness (QED) is 0.807. The lowest BCUT2D eigenvalue weighted by molar-refractivity contribution is 0.502. The molecule has 3 heteroatoms. The van der Waals surface area contributed by atoms with Crippen molar-refractivity contribution < 1.29 is 0 Å². The monoisotopic (exact) mass is 243 g/mol. The van der Waals surface area contributed by atoms with Crippen LogP contribution in [-0.4, -0.2) is 11.0 Å². The van der Waals surface area contributed by atoms with Crippen LogP contribution in [0.25, 0.3) is 0 Å². The van der Waals surface area contributed by atoms with Gasteiger partial charge in [0.25, 0.3) is 0 Å². The van der Waals surface area contributed by atoms with Crippen molar-refractivity contribution in [3.8, 4) is 6.07 Å². The Kier molecular flexibility index (Phi) is 4.19. The molecule has 1 aromatic heterocycles. The zero-order chi connectivity index (χ0) is 13.0. The minimum Gasteiger partial charge on any atom is -0.366 e. The first-order valence-electron chi connectivity index (χ1n) is 6.83. The van der Waals surface area contributed by atoms with Crippen LogP contribution in [0.3, 0.4) is 0 Å². The van der Waals surface area contributed by atoms with Crippen LogP contribution in [0.5, 0.6) is 0 Å². The van der Waals surface area contributed by atoms with Gasteiger partial charge >= 0.3 is 0 Å². The van der Waals surface area contributed by atoms with E-state index in [9.17, 15) is 5.26 Å². The number of nitrogens with one attached hydrogen (secondary N) is 1. The van der Waals surface area contributed by atoms with Gasteiger partial charge in [-0.15, -0.1) is 0 Å². The van der Waals surface area contributed by atoms with Gasteiger partial charge in [-0.25, -0.2) is 4.98 Å². The highest BCUT2D eigenvalue weighted by Crippen LogP contribution is 2.25. The van der Waals surface area contributed by atoms with E-state index in [0.717, 1.165) is 17.3 Å². The molecule has 2 rings (SSSR count). The van der Waals surface area contributed by atoms with E-state index < -0.39 is 0 Å². The molecule has 18 heavy (non-hydrogen) atoms. The molecule has 0 aliphatic heterocycles. The van der Waals surface area contributed by atoms with E-state index >= 15 is 0 Å². The number of anilines is 1. The SMILES string of the molecule is Cc1ccnc(NC2CCCC(C)CC2)c1C#N. The van der Waals surface area contributed by atoms with E-state index in [-0.39, 0.29) is 0 Å². The van der Waals surface area contributed by atoms with Crippen LogP contribution in [0.15, 0.2) is 12.3 Å². The average molecular weight is 243 g/mol.